The molecule has 8 heterocycles. The number of rotatable bonds is 14. The summed E-state index contributed by atoms with van der Waals surface area (Å²) in [5.74, 6) is 0.895. The summed E-state index contributed by atoms with van der Waals surface area (Å²) >= 11 is 0. The molecule has 0 bridgehead atoms. The number of likely N-dealkylation sites (tertiary alicyclic amines) is 1. The Bertz CT molecular complexity index is 4230. The molecule has 3 aliphatic heterocycles. The minimum Gasteiger partial charge on any atom is -0.481 e. The highest BCUT2D eigenvalue weighted by atomic mass is 16.6. The second-order valence-corrected chi connectivity index (χ2v) is 26.2. The van der Waals surface area contributed by atoms with Gasteiger partial charge in [-0.25, -0.2) is 19.6 Å². The van der Waals surface area contributed by atoms with E-state index in [-0.39, 0.29) is 24.5 Å². The summed E-state index contributed by atoms with van der Waals surface area (Å²) in [6, 6.07) is 71.7. The van der Waals surface area contributed by atoms with Gasteiger partial charge in [-0.05, 0) is 149 Å². The molecular formula is C84H89N9O11. The molecule has 0 saturated carbocycles. The van der Waals surface area contributed by atoms with E-state index in [0.29, 0.717) is 59.7 Å². The number of Topliss-reactive ketones (excluding diaryl/α,β-unsaturated/α-hetero) is 1. The molecule has 3 saturated heterocycles. The Morgan fingerprint density at radius 2 is 0.846 bits per heavy atom. The van der Waals surface area contributed by atoms with Gasteiger partial charge < -0.3 is 50.2 Å². The summed E-state index contributed by atoms with van der Waals surface area (Å²) in [5.41, 5.74) is 9.71. The van der Waals surface area contributed by atoms with Crippen LogP contribution < -0.4 is 16.8 Å². The van der Waals surface area contributed by atoms with Crippen molar-refractivity contribution in [3.05, 3.63) is 295 Å². The lowest BCUT2D eigenvalue weighted by Gasteiger charge is -2.42. The fourth-order valence-electron chi connectivity index (χ4n) is 12.8. The monoisotopic (exact) mass is 1400 g/mol. The number of carbonyl (C=O) groups is 5. The quantitative estimate of drug-likeness (QED) is 0.0499. The number of carboxylic acid groups (broad SMARTS) is 2. The molecule has 0 aliphatic carbocycles. The van der Waals surface area contributed by atoms with Crippen molar-refractivity contribution >= 4 is 29.8 Å². The van der Waals surface area contributed by atoms with Gasteiger partial charge in [0.05, 0.1) is 11.6 Å². The van der Waals surface area contributed by atoms with Gasteiger partial charge in [-0.2, -0.15) is 0 Å². The van der Waals surface area contributed by atoms with Crippen LogP contribution in [-0.2, 0) is 19.1 Å². The van der Waals surface area contributed by atoms with Gasteiger partial charge in [0.15, 0.2) is 6.10 Å². The van der Waals surface area contributed by atoms with Crippen LogP contribution in [0.2, 0.25) is 0 Å². The third kappa shape index (κ3) is 21.7. The number of ketones is 1. The van der Waals surface area contributed by atoms with Crippen molar-refractivity contribution in [1.29, 1.82) is 0 Å². The summed E-state index contributed by atoms with van der Waals surface area (Å²) in [7, 11) is 0. The van der Waals surface area contributed by atoms with E-state index in [1.54, 1.807) is 72.2 Å². The van der Waals surface area contributed by atoms with Gasteiger partial charge in [-0.3, -0.25) is 29.3 Å². The Balaban J connectivity index is 0.000000172. The van der Waals surface area contributed by atoms with Gasteiger partial charge in [0.2, 0.25) is 17.6 Å². The summed E-state index contributed by atoms with van der Waals surface area (Å²) in [5, 5.41) is 22.3. The number of esters is 1. The number of piperidine rings is 3. The Morgan fingerprint density at radius 3 is 1.23 bits per heavy atom. The molecule has 11 aromatic rings. The van der Waals surface area contributed by atoms with Crippen molar-refractivity contribution in [2.24, 2.45) is 5.92 Å². The average molecular weight is 1400 g/mol. The number of aliphatic carboxylic acids is 2. The van der Waals surface area contributed by atoms with Crippen LogP contribution in [0.3, 0.4) is 0 Å². The fraction of sp³-hybridized carbons (Fsp3) is 0.262. The molecule has 20 heteroatoms. The normalized spacial score (nSPS) is 17.8. The number of pyridine rings is 3. The van der Waals surface area contributed by atoms with Crippen LogP contribution in [0.5, 0.6) is 0 Å². The maximum absolute atomic E-state index is 13.6. The molecule has 1 amide bonds. The number of aromatic nitrogens is 5. The minimum atomic E-state index is -1.07. The molecular weight excluding hydrogens is 1310 g/mol. The zero-order chi connectivity index (χ0) is 72.5. The zero-order valence-electron chi connectivity index (χ0n) is 59.1. The highest BCUT2D eigenvalue weighted by Crippen LogP contribution is 2.42. The summed E-state index contributed by atoms with van der Waals surface area (Å²) in [6.45, 7) is 9.59. The molecule has 20 nitrogen and oxygen atoms in total. The zero-order valence-corrected chi connectivity index (χ0v) is 59.1. The van der Waals surface area contributed by atoms with Crippen LogP contribution in [0.15, 0.2) is 264 Å². The highest BCUT2D eigenvalue weighted by Gasteiger charge is 2.42. The number of oxazole rings is 2. The number of ether oxygens (including phenoxy) is 2. The van der Waals surface area contributed by atoms with Gasteiger partial charge in [0.25, 0.3) is 11.9 Å². The summed E-state index contributed by atoms with van der Waals surface area (Å²) in [6.07, 6.45) is 14.2. The van der Waals surface area contributed by atoms with Crippen LogP contribution >= 0.6 is 0 Å². The smallest absolute Gasteiger partial charge is 0.410 e. The first-order valence-electron chi connectivity index (χ1n) is 34.6. The van der Waals surface area contributed by atoms with Crippen LogP contribution in [0.4, 0.5) is 4.79 Å². The lowest BCUT2D eigenvalue weighted by atomic mass is 9.83. The Labute approximate surface area is 606 Å². The first-order chi connectivity index (χ1) is 50.0. The number of carboxylic acids is 2. The minimum absolute atomic E-state index is 0. The largest absolute Gasteiger partial charge is 0.481 e. The number of nitrogens with one attached hydrogen (secondary N) is 2. The fourth-order valence-corrected chi connectivity index (χ4v) is 12.8. The molecule has 7 N–H and O–H groups in total. The molecule has 536 valence electrons. The SMILES string of the molecule is CC(=O)O.CC(=O)O.CC(C)(C)OC(=O)N1CC(C(OC(=O)c2ccccc2)C(=O)c2ccncc2)CCC1c1ccccc1.N.c1ccc(-c2nc(-c3ccncc3)c([C@@H]3CC[C@H](c4ccccc4)NC3)o2)cc1.c1ccc(-c2nc(-c3ccncc3)c([C@H]3CC[C@H](c4ccccc4)NC3)o2)cc1. The van der Waals surface area contributed by atoms with Crippen LogP contribution in [0, 0.1) is 5.92 Å². The Kier molecular flexibility index (Phi) is 27.9. The van der Waals surface area contributed by atoms with Gasteiger partial charge in [0, 0.05) is 128 Å². The van der Waals surface area contributed by atoms with Crippen molar-refractivity contribution in [2.45, 2.75) is 115 Å². The summed E-state index contributed by atoms with van der Waals surface area (Å²) < 4.78 is 24.3. The number of hydrogen-bond donors (Lipinski definition) is 5. The van der Waals surface area contributed by atoms with Crippen LogP contribution in [0.25, 0.3) is 45.4 Å². The lowest BCUT2D eigenvalue weighted by molar-refractivity contribution is -0.135. The van der Waals surface area contributed by atoms with E-state index in [4.69, 9.17) is 48.1 Å². The van der Waals surface area contributed by atoms with E-state index < -0.39 is 41.6 Å². The van der Waals surface area contributed by atoms with E-state index in [0.717, 1.165) is 103 Å². The third-order valence-electron chi connectivity index (χ3n) is 17.6. The molecule has 104 heavy (non-hydrogen) atoms. The number of hydrogen-bond acceptors (Lipinski definition) is 17. The standard InChI is InChI=1S/C30H32N2O5.2C25H23N3O.2C2H4O2.H3N/c1-30(2,3)37-29(35)32-20-24(14-15-25(32)21-10-6-4-7-11-21)27(26(33)22-16-18-31-19-17-22)36-28(34)23-12-8-5-9-13-23;2*1-3-7-18(8-4-1)22-12-11-21(17-27-22)24-23(19-13-15-26-16-14-19)28-25(29-24)20-9-5-2-6-10-20;2*1-2(3)4;/h4-13,16-19,24-25,27H,14-15,20H2,1-3H3;2*1-10,13-16,21-22,27H,11-12,17H2;2*1H3,(H,3,4);1H3/t;21-,22+;21-,22-;;;/m.01.../s1. The maximum Gasteiger partial charge on any atom is 0.410 e. The second kappa shape index (κ2) is 37.9. The molecule has 14 rings (SSSR count). The number of carbonyl (C=O) groups excluding carboxylic acids is 3. The summed E-state index contributed by atoms with van der Waals surface area (Å²) in [4.78, 5) is 81.7. The topological polar surface area (TPSA) is 297 Å². The highest BCUT2D eigenvalue weighted by molar-refractivity contribution is 6.02. The van der Waals surface area contributed by atoms with Crippen molar-refractivity contribution in [1.82, 2.24) is 46.6 Å². The van der Waals surface area contributed by atoms with E-state index in [9.17, 15) is 14.4 Å². The maximum atomic E-state index is 13.6. The van der Waals surface area contributed by atoms with Gasteiger partial charge >= 0.3 is 12.1 Å². The number of benzene rings is 6. The van der Waals surface area contributed by atoms with Gasteiger partial charge in [-0.1, -0.05) is 146 Å². The van der Waals surface area contributed by atoms with E-state index in [1.165, 1.54) is 23.5 Å². The predicted molar refractivity (Wildman–Crippen MR) is 399 cm³/mol. The van der Waals surface area contributed by atoms with E-state index >= 15 is 0 Å². The van der Waals surface area contributed by atoms with Crippen LogP contribution in [0.1, 0.15) is 152 Å². The Hall–Kier alpha value is -11.6. The molecule has 0 spiro atoms. The predicted octanol–water partition coefficient (Wildman–Crippen LogP) is 17.4. The number of amides is 1. The first kappa shape index (κ1) is 76.6. The van der Waals surface area contributed by atoms with Gasteiger partial charge in [0.1, 0.15) is 28.5 Å². The van der Waals surface area contributed by atoms with Crippen molar-refractivity contribution < 1.29 is 52.5 Å². The molecule has 0 radical (unpaired) electrons. The molecule has 5 aromatic heterocycles. The molecule has 3 unspecified atom stereocenters. The van der Waals surface area contributed by atoms with Crippen molar-refractivity contribution in [3.8, 4) is 45.4 Å². The Morgan fingerprint density at radius 1 is 0.471 bits per heavy atom. The van der Waals surface area contributed by atoms with E-state index in [2.05, 4.69) is 86.2 Å². The van der Waals surface area contributed by atoms with Crippen molar-refractivity contribution in [3.63, 3.8) is 0 Å². The molecule has 6 aromatic carbocycles. The molecule has 3 fully saturated rings. The van der Waals surface area contributed by atoms with Crippen LogP contribution in [-0.4, -0.2) is 101 Å². The molecule has 7 atom stereocenters. The van der Waals surface area contributed by atoms with E-state index in [1.807, 2.05) is 136 Å². The first-order valence-corrected chi connectivity index (χ1v) is 34.6. The second-order valence-electron chi connectivity index (χ2n) is 26.2. The lowest BCUT2D eigenvalue weighted by Crippen LogP contribution is -2.49. The van der Waals surface area contributed by atoms with Gasteiger partial charge in [-0.15, -0.1) is 0 Å². The third-order valence-corrected chi connectivity index (χ3v) is 17.6. The number of nitrogens with zero attached hydrogens (tertiary/aromatic N) is 6. The van der Waals surface area contributed by atoms with Crippen molar-refractivity contribution in [2.75, 3.05) is 19.6 Å². The average Bonchev–Trinajstić information content (AvgIpc) is 1.14. The molecule has 3 aliphatic rings.